The zero-order chi connectivity index (χ0) is 35.9. The first kappa shape index (κ1) is 39.9. The lowest BCUT2D eigenvalue weighted by Gasteiger charge is -2.48. The van der Waals surface area contributed by atoms with E-state index < -0.39 is 66.1 Å². The third-order valence-corrected chi connectivity index (χ3v) is 12.1. The molecule has 2 bridgehead atoms. The van der Waals surface area contributed by atoms with Crippen LogP contribution in [0.3, 0.4) is 0 Å². The quantitative estimate of drug-likeness (QED) is 0.367. The van der Waals surface area contributed by atoms with Gasteiger partial charge in [0.25, 0.3) is 0 Å². The summed E-state index contributed by atoms with van der Waals surface area (Å²) in [6.45, 7) is 20.3. The van der Waals surface area contributed by atoms with Crippen LogP contribution in [0.15, 0.2) is 0 Å². The molecule has 48 heavy (non-hydrogen) atoms. The predicted molar refractivity (Wildman–Crippen MR) is 181 cm³/mol. The van der Waals surface area contributed by atoms with Crippen LogP contribution in [-0.4, -0.2) is 121 Å². The fourth-order valence-corrected chi connectivity index (χ4v) is 9.22. The molecule has 0 aliphatic carbocycles. The zero-order valence-corrected chi connectivity index (χ0v) is 31.9. The molecule has 280 valence electrons. The Morgan fingerprint density at radius 3 is 2.19 bits per heavy atom. The van der Waals surface area contributed by atoms with E-state index in [1.807, 2.05) is 46.7 Å². The Bertz CT molecular complexity index is 1060. The van der Waals surface area contributed by atoms with Crippen LogP contribution in [0.5, 0.6) is 0 Å². The molecular weight excluding hydrogens is 618 g/mol. The van der Waals surface area contributed by atoms with Gasteiger partial charge >= 0.3 is 5.97 Å². The van der Waals surface area contributed by atoms with E-state index >= 15 is 0 Å². The summed E-state index contributed by atoms with van der Waals surface area (Å²) < 4.78 is 45.5. The van der Waals surface area contributed by atoms with Gasteiger partial charge in [-0.1, -0.05) is 34.6 Å². The lowest BCUT2D eigenvalue weighted by atomic mass is 9.77. The highest BCUT2D eigenvalue weighted by Crippen LogP contribution is 2.47. The van der Waals surface area contributed by atoms with Crippen molar-refractivity contribution in [1.29, 1.82) is 0 Å². The van der Waals surface area contributed by atoms with E-state index in [1.54, 1.807) is 14.0 Å². The van der Waals surface area contributed by atoms with Gasteiger partial charge in [0.1, 0.15) is 18.3 Å². The Hall–Kier alpha value is -0.890. The fourth-order valence-electron chi connectivity index (χ4n) is 9.22. The van der Waals surface area contributed by atoms with Gasteiger partial charge in [-0.25, -0.2) is 0 Å². The molecule has 4 heterocycles. The van der Waals surface area contributed by atoms with Crippen molar-refractivity contribution in [2.75, 3.05) is 21.2 Å². The molecule has 18 atom stereocenters. The summed E-state index contributed by atoms with van der Waals surface area (Å²) >= 11 is 0. The summed E-state index contributed by atoms with van der Waals surface area (Å²) in [5.41, 5.74) is -1.69. The maximum atomic E-state index is 14.1. The second-order valence-corrected chi connectivity index (χ2v) is 16.5. The van der Waals surface area contributed by atoms with E-state index in [-0.39, 0.29) is 54.5 Å². The molecule has 4 saturated heterocycles. The molecule has 4 aliphatic rings. The summed E-state index contributed by atoms with van der Waals surface area (Å²) in [4.78, 5) is 16.1. The summed E-state index contributed by atoms with van der Waals surface area (Å²) in [7, 11) is 5.48. The minimum absolute atomic E-state index is 0.0291. The van der Waals surface area contributed by atoms with Crippen molar-refractivity contribution < 1.29 is 48.2 Å². The van der Waals surface area contributed by atoms with Crippen LogP contribution in [0.4, 0.5) is 0 Å². The summed E-state index contributed by atoms with van der Waals surface area (Å²) in [6, 6.07) is -0.156. The van der Waals surface area contributed by atoms with E-state index in [4.69, 9.17) is 33.2 Å². The van der Waals surface area contributed by atoms with Crippen molar-refractivity contribution in [2.45, 2.75) is 180 Å². The van der Waals surface area contributed by atoms with E-state index in [2.05, 4.69) is 34.6 Å². The van der Waals surface area contributed by atoms with Gasteiger partial charge in [-0.05, 0) is 92.2 Å². The lowest BCUT2D eigenvalue weighted by molar-refractivity contribution is -0.318. The second-order valence-electron chi connectivity index (χ2n) is 16.5. The van der Waals surface area contributed by atoms with Crippen LogP contribution in [0.1, 0.15) is 101 Å². The zero-order valence-electron chi connectivity index (χ0n) is 31.9. The van der Waals surface area contributed by atoms with Crippen molar-refractivity contribution in [2.24, 2.45) is 29.6 Å². The van der Waals surface area contributed by atoms with Gasteiger partial charge in [-0.15, -0.1) is 0 Å². The SMILES string of the molecule is CC[C@H]1OC(=O)[C@H](C)[C@@H](O[C@H]2C[C@@](C)(OC)[C@@H](O)[C@H](C)O2)[C@H](C)[C@@H](O[C@@H]2O[C@H](C)C[C@H](N(C)C)[C@H]2O)C2(C)C[C@@H](C)C(O2)[C@H](C)C[C@H]1C. The molecule has 0 amide bonds. The van der Waals surface area contributed by atoms with E-state index in [1.165, 1.54) is 0 Å². The van der Waals surface area contributed by atoms with Gasteiger partial charge in [0, 0.05) is 25.5 Å². The second kappa shape index (κ2) is 15.8. The number of likely N-dealkylation sites (N-methyl/N-ethyl adjacent to an activating group) is 1. The van der Waals surface area contributed by atoms with Crippen molar-refractivity contribution >= 4 is 5.97 Å². The molecule has 11 nitrogen and oxygen atoms in total. The number of carbonyl (C=O) groups excluding carboxylic acids is 1. The normalized spacial score (nSPS) is 51.1. The average Bonchev–Trinajstić information content (AvgIpc) is 3.34. The van der Waals surface area contributed by atoms with Crippen LogP contribution in [0.25, 0.3) is 0 Å². The molecule has 0 aromatic rings. The number of fused-ring (bicyclic) bond motifs is 2. The maximum Gasteiger partial charge on any atom is 0.311 e. The van der Waals surface area contributed by atoms with Crippen LogP contribution in [0, 0.1) is 29.6 Å². The number of esters is 1. The highest BCUT2D eigenvalue weighted by Gasteiger charge is 2.56. The van der Waals surface area contributed by atoms with Gasteiger partial charge < -0.3 is 48.3 Å². The van der Waals surface area contributed by atoms with Gasteiger partial charge in [0.15, 0.2) is 12.6 Å². The molecule has 0 aromatic carbocycles. The summed E-state index contributed by atoms with van der Waals surface area (Å²) in [6.07, 6.45) is -2.57. The Kier molecular flexibility index (Phi) is 13.1. The molecule has 4 fully saturated rings. The molecular formula is C37H67NO10. The summed E-state index contributed by atoms with van der Waals surface area (Å²) in [5.74, 6) is -0.883. The minimum Gasteiger partial charge on any atom is -0.462 e. The van der Waals surface area contributed by atoms with Crippen LogP contribution in [0.2, 0.25) is 0 Å². The molecule has 2 N–H and O–H groups in total. The number of aliphatic hydroxyl groups excluding tert-OH is 2. The minimum atomic E-state index is -0.915. The molecule has 2 unspecified atom stereocenters. The molecule has 0 radical (unpaired) electrons. The molecule has 0 spiro atoms. The lowest BCUT2D eigenvalue weighted by Crippen LogP contribution is -2.60. The third-order valence-electron chi connectivity index (χ3n) is 12.1. The van der Waals surface area contributed by atoms with Crippen molar-refractivity contribution in [3.8, 4) is 0 Å². The number of cyclic esters (lactones) is 1. The fraction of sp³-hybridized carbons (Fsp3) is 0.973. The number of rotatable bonds is 7. The van der Waals surface area contributed by atoms with Crippen LogP contribution >= 0.6 is 0 Å². The van der Waals surface area contributed by atoms with E-state index in [9.17, 15) is 15.0 Å². The van der Waals surface area contributed by atoms with Crippen LogP contribution in [-0.2, 0) is 38.0 Å². The number of aliphatic hydroxyl groups is 2. The van der Waals surface area contributed by atoms with Crippen molar-refractivity contribution in [1.82, 2.24) is 4.90 Å². The van der Waals surface area contributed by atoms with Gasteiger partial charge in [-0.3, -0.25) is 4.79 Å². The Morgan fingerprint density at radius 1 is 0.917 bits per heavy atom. The first-order valence-corrected chi connectivity index (χ1v) is 18.4. The standard InChI is InChI=1S/C37H67NO10/c1-14-27-19(2)15-20(3)30-21(4)17-37(10,48-30)33(47-35-29(39)26(38(11)12)16-22(5)43-35)23(6)31(24(7)34(41)45-27)46-28-18-36(9,42-13)32(40)25(8)44-28/h19-33,35,39-40H,14-18H2,1-13H3/t19-,20-,21-,22-,23+,24-,25+,26+,27-,28+,29-,30?,31+,32+,33-,35+,36-,37?/m1/s1. The maximum absolute atomic E-state index is 14.1. The number of nitrogens with zero attached hydrogens (tertiary/aromatic N) is 1. The first-order chi connectivity index (χ1) is 22.3. The average molecular weight is 686 g/mol. The number of methoxy groups -OCH3 is 1. The van der Waals surface area contributed by atoms with Crippen LogP contribution < -0.4 is 0 Å². The third kappa shape index (κ3) is 8.26. The first-order valence-electron chi connectivity index (χ1n) is 18.4. The highest BCUT2D eigenvalue weighted by molar-refractivity contribution is 5.73. The Labute approximate surface area is 289 Å². The van der Waals surface area contributed by atoms with Gasteiger partial charge in [-0.2, -0.15) is 0 Å². The molecule has 0 aromatic heterocycles. The highest BCUT2D eigenvalue weighted by atomic mass is 16.7. The number of hydrogen-bond acceptors (Lipinski definition) is 11. The Balaban J connectivity index is 1.79. The van der Waals surface area contributed by atoms with Crippen molar-refractivity contribution in [3.63, 3.8) is 0 Å². The number of ether oxygens (including phenoxy) is 7. The smallest absolute Gasteiger partial charge is 0.311 e. The monoisotopic (exact) mass is 685 g/mol. The number of carbonyl (C=O) groups is 1. The molecule has 4 aliphatic heterocycles. The summed E-state index contributed by atoms with van der Waals surface area (Å²) in [5, 5.41) is 22.5. The van der Waals surface area contributed by atoms with Crippen molar-refractivity contribution in [3.05, 3.63) is 0 Å². The number of hydrogen-bond donors (Lipinski definition) is 2. The van der Waals surface area contributed by atoms with Gasteiger partial charge in [0.05, 0.1) is 47.6 Å². The topological polar surface area (TPSA) is 125 Å². The van der Waals surface area contributed by atoms with E-state index in [0.717, 1.165) is 12.8 Å². The Morgan fingerprint density at radius 2 is 1.58 bits per heavy atom. The molecule has 4 rings (SSSR count). The van der Waals surface area contributed by atoms with E-state index in [0.29, 0.717) is 12.8 Å². The van der Waals surface area contributed by atoms with Gasteiger partial charge in [0.2, 0.25) is 0 Å². The predicted octanol–water partition coefficient (Wildman–Crippen LogP) is 4.54. The molecule has 11 heteroatoms. The largest absolute Gasteiger partial charge is 0.462 e. The molecule has 0 saturated carbocycles.